The van der Waals surface area contributed by atoms with Crippen LogP contribution in [0.3, 0.4) is 0 Å². The van der Waals surface area contributed by atoms with Crippen molar-refractivity contribution in [1.29, 1.82) is 0 Å². The van der Waals surface area contributed by atoms with Gasteiger partial charge in [-0.2, -0.15) is 5.10 Å². The van der Waals surface area contributed by atoms with E-state index in [1.807, 2.05) is 0 Å². The number of rotatable bonds is 5. The van der Waals surface area contributed by atoms with E-state index in [1.165, 1.54) is 25.7 Å². The average molecular weight is 300 g/mol. The fourth-order valence-electron chi connectivity index (χ4n) is 3.60. The maximum absolute atomic E-state index is 4.98. The number of hydrogen-bond acceptors (Lipinski definition) is 4. The van der Waals surface area contributed by atoms with Gasteiger partial charge in [-0.25, -0.2) is 4.98 Å². The minimum absolute atomic E-state index is 0.511. The SMILES string of the molecule is COCC#CCN1C[C@H](c2nc(C3CC3)n[nH]2)[C@@H](C2CC2)C1. The predicted octanol–water partition coefficient (Wildman–Crippen LogP) is 1.76. The summed E-state index contributed by atoms with van der Waals surface area (Å²) in [6.45, 7) is 3.57. The molecule has 2 aliphatic carbocycles. The summed E-state index contributed by atoms with van der Waals surface area (Å²) in [4.78, 5) is 7.28. The third kappa shape index (κ3) is 3.04. The molecule has 0 radical (unpaired) electrons. The number of hydrogen-bond donors (Lipinski definition) is 1. The summed E-state index contributed by atoms with van der Waals surface area (Å²) in [7, 11) is 1.69. The Morgan fingerprint density at radius 2 is 2.09 bits per heavy atom. The van der Waals surface area contributed by atoms with Crippen molar-refractivity contribution in [1.82, 2.24) is 20.1 Å². The lowest BCUT2D eigenvalue weighted by atomic mass is 9.91. The number of nitrogens with one attached hydrogen (secondary N) is 1. The highest BCUT2D eigenvalue weighted by atomic mass is 16.5. The molecule has 1 aliphatic heterocycles. The number of methoxy groups -OCH3 is 1. The molecule has 0 aromatic carbocycles. The average Bonchev–Trinajstić information content (AvgIpc) is 3.46. The van der Waals surface area contributed by atoms with E-state index in [4.69, 9.17) is 9.72 Å². The van der Waals surface area contributed by atoms with Crippen LogP contribution in [-0.4, -0.2) is 53.4 Å². The van der Waals surface area contributed by atoms with Gasteiger partial charge in [0.25, 0.3) is 0 Å². The Labute approximate surface area is 131 Å². The molecule has 22 heavy (non-hydrogen) atoms. The van der Waals surface area contributed by atoms with Crippen LogP contribution >= 0.6 is 0 Å². The van der Waals surface area contributed by atoms with Gasteiger partial charge >= 0.3 is 0 Å². The minimum atomic E-state index is 0.511. The van der Waals surface area contributed by atoms with Crippen LogP contribution in [0.4, 0.5) is 0 Å². The second kappa shape index (κ2) is 6.02. The van der Waals surface area contributed by atoms with Gasteiger partial charge in [0.1, 0.15) is 12.4 Å². The Kier molecular flexibility index (Phi) is 3.89. The lowest BCUT2D eigenvalue weighted by Gasteiger charge is -2.14. The molecule has 1 aromatic heterocycles. The summed E-state index contributed by atoms with van der Waals surface area (Å²) in [5, 5.41) is 7.68. The summed E-state index contributed by atoms with van der Waals surface area (Å²) >= 11 is 0. The number of aromatic nitrogens is 3. The summed E-state index contributed by atoms with van der Waals surface area (Å²) in [5.74, 6) is 11.2. The third-order valence-corrected chi connectivity index (χ3v) is 5.13. The van der Waals surface area contributed by atoms with Gasteiger partial charge in [-0.15, -0.1) is 0 Å². The quantitative estimate of drug-likeness (QED) is 0.842. The molecule has 1 N–H and O–H groups in total. The molecule has 1 aromatic rings. The molecule has 5 heteroatoms. The Morgan fingerprint density at radius 3 is 2.82 bits per heavy atom. The van der Waals surface area contributed by atoms with E-state index in [2.05, 4.69) is 26.9 Å². The zero-order valence-corrected chi connectivity index (χ0v) is 13.2. The lowest BCUT2D eigenvalue weighted by Crippen LogP contribution is -2.21. The molecular formula is C17H24N4O. The molecule has 0 unspecified atom stereocenters. The molecular weight excluding hydrogens is 276 g/mol. The van der Waals surface area contributed by atoms with Crippen molar-refractivity contribution in [3.05, 3.63) is 11.6 Å². The van der Waals surface area contributed by atoms with Crippen LogP contribution in [0, 0.1) is 23.7 Å². The van der Waals surface area contributed by atoms with E-state index < -0.39 is 0 Å². The summed E-state index contributed by atoms with van der Waals surface area (Å²) in [6.07, 6.45) is 5.28. The van der Waals surface area contributed by atoms with Crippen LogP contribution in [0.25, 0.3) is 0 Å². The fourth-order valence-corrected chi connectivity index (χ4v) is 3.60. The second-order valence-electron chi connectivity index (χ2n) is 6.94. The van der Waals surface area contributed by atoms with Crippen LogP contribution in [0.1, 0.15) is 49.2 Å². The summed E-state index contributed by atoms with van der Waals surface area (Å²) in [6, 6.07) is 0. The highest BCUT2D eigenvalue weighted by molar-refractivity contribution is 5.13. The van der Waals surface area contributed by atoms with E-state index in [0.29, 0.717) is 18.4 Å². The molecule has 2 heterocycles. The van der Waals surface area contributed by atoms with Gasteiger partial charge in [0, 0.05) is 32.0 Å². The Morgan fingerprint density at radius 1 is 1.23 bits per heavy atom. The van der Waals surface area contributed by atoms with Gasteiger partial charge in [-0.3, -0.25) is 10.00 Å². The van der Waals surface area contributed by atoms with Crippen molar-refractivity contribution in [3.63, 3.8) is 0 Å². The molecule has 2 atom stereocenters. The smallest absolute Gasteiger partial charge is 0.153 e. The molecule has 3 aliphatic rings. The standard InChI is InChI=1S/C17H24N4O/c1-22-9-3-2-8-21-10-14(12-4-5-12)15(11-21)17-18-16(19-20-17)13-6-7-13/h12-15H,4-11H2,1H3,(H,18,19,20)/t14-,15+/m1/s1. The molecule has 4 rings (SSSR count). The first-order valence-corrected chi connectivity index (χ1v) is 8.44. The van der Waals surface area contributed by atoms with Crippen molar-refractivity contribution in [3.8, 4) is 11.8 Å². The van der Waals surface area contributed by atoms with Crippen LogP contribution in [0.5, 0.6) is 0 Å². The van der Waals surface area contributed by atoms with Gasteiger partial charge in [0.05, 0.1) is 6.54 Å². The molecule has 5 nitrogen and oxygen atoms in total. The Hall–Kier alpha value is -1.38. The van der Waals surface area contributed by atoms with Crippen LogP contribution in [-0.2, 0) is 4.74 Å². The lowest BCUT2D eigenvalue weighted by molar-refractivity contribution is 0.239. The van der Waals surface area contributed by atoms with E-state index in [0.717, 1.165) is 43.1 Å². The van der Waals surface area contributed by atoms with Crippen molar-refractivity contribution in [2.45, 2.75) is 37.5 Å². The third-order valence-electron chi connectivity index (χ3n) is 5.13. The van der Waals surface area contributed by atoms with Crippen LogP contribution in [0.2, 0.25) is 0 Å². The number of aromatic amines is 1. The Balaban J connectivity index is 1.43. The second-order valence-corrected chi connectivity index (χ2v) is 6.94. The van der Waals surface area contributed by atoms with Gasteiger partial charge in [0.2, 0.25) is 0 Å². The zero-order valence-electron chi connectivity index (χ0n) is 13.2. The maximum Gasteiger partial charge on any atom is 0.153 e. The van der Waals surface area contributed by atoms with Gasteiger partial charge in [-0.1, -0.05) is 11.8 Å². The molecule has 1 saturated heterocycles. The monoisotopic (exact) mass is 300 g/mol. The number of nitrogens with zero attached hydrogens (tertiary/aromatic N) is 3. The normalized spacial score (nSPS) is 28.6. The highest BCUT2D eigenvalue weighted by Crippen LogP contribution is 2.47. The van der Waals surface area contributed by atoms with Gasteiger partial charge < -0.3 is 4.74 Å². The highest BCUT2D eigenvalue weighted by Gasteiger charge is 2.44. The summed E-state index contributed by atoms with van der Waals surface area (Å²) < 4.78 is 4.98. The van der Waals surface area contributed by atoms with E-state index in [1.54, 1.807) is 7.11 Å². The molecule has 0 bridgehead atoms. The molecule has 0 amide bonds. The maximum atomic E-state index is 4.98. The van der Waals surface area contributed by atoms with E-state index in [-0.39, 0.29) is 0 Å². The van der Waals surface area contributed by atoms with Gasteiger partial charge in [-0.05, 0) is 37.5 Å². The number of H-pyrrole nitrogens is 1. The minimum Gasteiger partial charge on any atom is -0.372 e. The van der Waals surface area contributed by atoms with Crippen molar-refractivity contribution in [2.24, 2.45) is 11.8 Å². The number of likely N-dealkylation sites (tertiary alicyclic amines) is 1. The van der Waals surface area contributed by atoms with E-state index in [9.17, 15) is 0 Å². The van der Waals surface area contributed by atoms with Crippen molar-refractivity contribution >= 4 is 0 Å². The largest absolute Gasteiger partial charge is 0.372 e. The van der Waals surface area contributed by atoms with Crippen LogP contribution in [0.15, 0.2) is 0 Å². The molecule has 2 saturated carbocycles. The van der Waals surface area contributed by atoms with Crippen LogP contribution < -0.4 is 0 Å². The molecule has 0 spiro atoms. The van der Waals surface area contributed by atoms with Crippen molar-refractivity contribution in [2.75, 3.05) is 33.4 Å². The first-order chi connectivity index (χ1) is 10.8. The Bertz CT molecular complexity index is 579. The van der Waals surface area contributed by atoms with Crippen molar-refractivity contribution < 1.29 is 4.74 Å². The summed E-state index contributed by atoms with van der Waals surface area (Å²) in [5.41, 5.74) is 0. The predicted molar refractivity (Wildman–Crippen MR) is 83.4 cm³/mol. The fraction of sp³-hybridized carbons (Fsp3) is 0.765. The number of ether oxygens (including phenoxy) is 1. The molecule has 118 valence electrons. The topological polar surface area (TPSA) is 54.0 Å². The molecule has 3 fully saturated rings. The first-order valence-electron chi connectivity index (χ1n) is 8.44. The zero-order chi connectivity index (χ0) is 14.9. The first kappa shape index (κ1) is 14.2. The van der Waals surface area contributed by atoms with Gasteiger partial charge in [0.15, 0.2) is 5.82 Å². The van der Waals surface area contributed by atoms with E-state index >= 15 is 0 Å².